The van der Waals surface area contributed by atoms with Gasteiger partial charge in [-0.05, 0) is 55.7 Å². The van der Waals surface area contributed by atoms with E-state index in [0.717, 1.165) is 22.5 Å². The number of anilines is 1. The number of carbonyl (C=O) groups excluding carboxylic acids is 3. The first-order valence-corrected chi connectivity index (χ1v) is 14.6. The summed E-state index contributed by atoms with van der Waals surface area (Å²) in [7, 11) is -2.28. The lowest BCUT2D eigenvalue weighted by molar-refractivity contribution is 0.0965. The summed E-state index contributed by atoms with van der Waals surface area (Å²) in [4.78, 5) is 40.6. The van der Waals surface area contributed by atoms with E-state index in [2.05, 4.69) is 29.4 Å². The zero-order chi connectivity index (χ0) is 28.3. The molecule has 39 heavy (non-hydrogen) atoms. The largest absolute Gasteiger partial charge is 0.351 e. The predicted molar refractivity (Wildman–Crippen MR) is 150 cm³/mol. The third kappa shape index (κ3) is 6.36. The molecule has 1 aliphatic heterocycles. The van der Waals surface area contributed by atoms with Crippen LogP contribution in [0, 0.1) is 0 Å². The van der Waals surface area contributed by atoms with Gasteiger partial charge in [-0.3, -0.25) is 19.8 Å². The van der Waals surface area contributed by atoms with Crippen LogP contribution in [0.3, 0.4) is 0 Å². The number of primary amides is 1. The second-order valence-corrected chi connectivity index (χ2v) is 12.7. The molecule has 0 spiro atoms. The van der Waals surface area contributed by atoms with Crippen molar-refractivity contribution in [3.05, 3.63) is 81.7 Å². The molecule has 0 bridgehead atoms. The third-order valence-electron chi connectivity index (χ3n) is 6.58. The number of amides is 4. The molecular formula is C27H31N5O5S2. The summed E-state index contributed by atoms with van der Waals surface area (Å²) in [5.41, 5.74) is 7.26. The van der Waals surface area contributed by atoms with Gasteiger partial charge in [0.25, 0.3) is 11.8 Å². The van der Waals surface area contributed by atoms with Crippen LogP contribution in [-0.4, -0.2) is 55.1 Å². The Bertz CT molecular complexity index is 1480. The number of urea groups is 1. The maximum atomic E-state index is 13.1. The topological polar surface area (TPSA) is 142 Å². The van der Waals surface area contributed by atoms with Crippen LogP contribution in [0.1, 0.15) is 50.6 Å². The molecule has 2 heterocycles. The second-order valence-electron chi connectivity index (χ2n) is 9.57. The molecule has 1 aliphatic rings. The minimum absolute atomic E-state index is 0.0550. The maximum absolute atomic E-state index is 13.1. The monoisotopic (exact) mass is 569 g/mol. The number of nitrogens with one attached hydrogen (secondary N) is 2. The number of nitrogens with two attached hydrogens (primary N) is 1. The van der Waals surface area contributed by atoms with Crippen LogP contribution in [0.15, 0.2) is 59.5 Å². The highest BCUT2D eigenvalue weighted by atomic mass is 32.2. The van der Waals surface area contributed by atoms with Crippen LogP contribution in [0.25, 0.3) is 0 Å². The molecule has 2 aromatic carbocycles. The standard InChI is InChI=1S/C27H31N5O5S2/c1-17(2)32-14-13-21-22(16-32)38-26(23(21)25(34)30-27(28)35)29-24(33)19-9-11-20(12-10-19)39(36,37)31(3)15-18-7-5-4-6-8-18/h4-12,17H,13-16H2,1-3H3,(H,29,33)(H3,28,30,34,35). The molecule has 12 heteroatoms. The normalized spacial score (nSPS) is 13.8. The van der Waals surface area contributed by atoms with E-state index in [1.54, 1.807) is 0 Å². The number of hydrogen-bond acceptors (Lipinski definition) is 7. The van der Waals surface area contributed by atoms with E-state index in [1.807, 2.05) is 30.3 Å². The van der Waals surface area contributed by atoms with Crippen LogP contribution in [0.4, 0.5) is 9.80 Å². The van der Waals surface area contributed by atoms with E-state index in [-0.39, 0.29) is 22.6 Å². The van der Waals surface area contributed by atoms with Crippen molar-refractivity contribution in [3.8, 4) is 0 Å². The third-order valence-corrected chi connectivity index (χ3v) is 9.53. The molecule has 0 saturated heterocycles. The van der Waals surface area contributed by atoms with Crippen molar-refractivity contribution in [2.45, 2.75) is 44.3 Å². The maximum Gasteiger partial charge on any atom is 0.319 e. The number of benzene rings is 2. The van der Waals surface area contributed by atoms with Gasteiger partial charge in [0.1, 0.15) is 5.00 Å². The van der Waals surface area contributed by atoms with Crippen molar-refractivity contribution in [2.75, 3.05) is 18.9 Å². The summed E-state index contributed by atoms with van der Waals surface area (Å²) in [6.45, 7) is 5.74. The highest BCUT2D eigenvalue weighted by Gasteiger charge is 2.30. The number of nitrogens with zero attached hydrogens (tertiary/aromatic N) is 2. The first kappa shape index (κ1) is 28.4. The molecule has 0 unspecified atom stereocenters. The van der Waals surface area contributed by atoms with E-state index in [1.165, 1.54) is 47.0 Å². The van der Waals surface area contributed by atoms with Gasteiger partial charge in [0.15, 0.2) is 0 Å². The van der Waals surface area contributed by atoms with Gasteiger partial charge in [0.05, 0.1) is 10.5 Å². The lowest BCUT2D eigenvalue weighted by atomic mass is 10.0. The Hall–Kier alpha value is -3.58. The number of fused-ring (bicyclic) bond motifs is 1. The molecule has 4 N–H and O–H groups in total. The quantitative estimate of drug-likeness (QED) is 0.380. The van der Waals surface area contributed by atoms with Gasteiger partial charge < -0.3 is 11.1 Å². The number of hydrogen-bond donors (Lipinski definition) is 3. The van der Waals surface area contributed by atoms with E-state index in [0.29, 0.717) is 24.0 Å². The molecule has 1 aromatic heterocycles. The fraction of sp³-hybridized carbons (Fsp3) is 0.296. The van der Waals surface area contributed by atoms with Crippen LogP contribution in [0.5, 0.6) is 0 Å². The zero-order valence-corrected chi connectivity index (χ0v) is 23.6. The first-order valence-electron chi connectivity index (χ1n) is 12.4. The number of imide groups is 1. The molecule has 206 valence electrons. The van der Waals surface area contributed by atoms with E-state index in [9.17, 15) is 22.8 Å². The van der Waals surface area contributed by atoms with Crippen LogP contribution < -0.4 is 16.4 Å². The second kappa shape index (κ2) is 11.7. The summed E-state index contributed by atoms with van der Waals surface area (Å²) >= 11 is 1.28. The van der Waals surface area contributed by atoms with Crippen molar-refractivity contribution in [3.63, 3.8) is 0 Å². The Morgan fingerprint density at radius 1 is 1.05 bits per heavy atom. The van der Waals surface area contributed by atoms with Crippen LogP contribution in [0.2, 0.25) is 0 Å². The van der Waals surface area contributed by atoms with Gasteiger partial charge in [-0.25, -0.2) is 13.2 Å². The molecule has 0 aliphatic carbocycles. The summed E-state index contributed by atoms with van der Waals surface area (Å²) in [6.07, 6.45) is 0.588. The highest BCUT2D eigenvalue weighted by molar-refractivity contribution is 7.89. The average Bonchev–Trinajstić information content (AvgIpc) is 3.26. The summed E-state index contributed by atoms with van der Waals surface area (Å²) in [6, 6.07) is 14.2. The Morgan fingerprint density at radius 3 is 2.33 bits per heavy atom. The van der Waals surface area contributed by atoms with Crippen LogP contribution >= 0.6 is 11.3 Å². The van der Waals surface area contributed by atoms with Gasteiger partial charge in [0.2, 0.25) is 10.0 Å². The number of carbonyl (C=O) groups is 3. The van der Waals surface area contributed by atoms with E-state index < -0.39 is 27.9 Å². The van der Waals surface area contributed by atoms with Crippen molar-refractivity contribution in [1.29, 1.82) is 0 Å². The van der Waals surface area contributed by atoms with Gasteiger partial charge in [-0.1, -0.05) is 30.3 Å². The van der Waals surface area contributed by atoms with Crippen LogP contribution in [-0.2, 0) is 29.5 Å². The molecule has 0 radical (unpaired) electrons. The Kier molecular flexibility index (Phi) is 8.50. The average molecular weight is 570 g/mol. The number of rotatable bonds is 8. The van der Waals surface area contributed by atoms with Crippen molar-refractivity contribution in [2.24, 2.45) is 5.73 Å². The van der Waals surface area contributed by atoms with Gasteiger partial charge in [0, 0.05) is 43.2 Å². The predicted octanol–water partition coefficient (Wildman–Crippen LogP) is 3.40. The Morgan fingerprint density at radius 2 is 1.72 bits per heavy atom. The smallest absolute Gasteiger partial charge is 0.319 e. The molecule has 10 nitrogen and oxygen atoms in total. The Labute approximate surface area is 231 Å². The molecule has 0 saturated carbocycles. The van der Waals surface area contributed by atoms with Crippen molar-refractivity contribution < 1.29 is 22.8 Å². The molecule has 0 fully saturated rings. The summed E-state index contributed by atoms with van der Waals surface area (Å²) in [5, 5.41) is 5.20. The fourth-order valence-corrected chi connectivity index (χ4v) is 6.85. The Balaban J connectivity index is 1.55. The minimum atomic E-state index is -3.78. The van der Waals surface area contributed by atoms with Crippen molar-refractivity contribution >= 4 is 44.2 Å². The number of sulfonamides is 1. The lowest BCUT2D eigenvalue weighted by Gasteiger charge is -2.30. The molecule has 4 rings (SSSR count). The zero-order valence-electron chi connectivity index (χ0n) is 21.9. The first-order chi connectivity index (χ1) is 18.5. The summed E-state index contributed by atoms with van der Waals surface area (Å²) < 4.78 is 27.3. The van der Waals surface area contributed by atoms with Gasteiger partial charge in [-0.2, -0.15) is 4.31 Å². The fourth-order valence-electron chi connectivity index (χ4n) is 4.43. The van der Waals surface area contributed by atoms with E-state index >= 15 is 0 Å². The molecule has 0 atom stereocenters. The summed E-state index contributed by atoms with van der Waals surface area (Å²) in [5.74, 6) is -1.18. The molecule has 3 aromatic rings. The van der Waals surface area contributed by atoms with E-state index in [4.69, 9.17) is 5.73 Å². The highest BCUT2D eigenvalue weighted by Crippen LogP contribution is 2.38. The molecular weight excluding hydrogens is 538 g/mol. The van der Waals surface area contributed by atoms with Crippen molar-refractivity contribution in [1.82, 2.24) is 14.5 Å². The van der Waals surface area contributed by atoms with Gasteiger partial charge >= 0.3 is 6.03 Å². The minimum Gasteiger partial charge on any atom is -0.351 e. The molecule has 4 amide bonds. The SMILES string of the molecule is CC(C)N1CCc2c(sc(NC(=O)c3ccc(S(=O)(=O)N(C)Cc4ccccc4)cc3)c2C(=O)NC(N)=O)C1. The van der Waals surface area contributed by atoms with Gasteiger partial charge in [-0.15, -0.1) is 11.3 Å². The lowest BCUT2D eigenvalue weighted by Crippen LogP contribution is -2.38. The number of thiophene rings is 1.